The highest BCUT2D eigenvalue weighted by Gasteiger charge is 1.99. The Kier molecular flexibility index (Phi) is 3.12. The van der Waals surface area contributed by atoms with Crippen LogP contribution in [0.5, 0.6) is 0 Å². The fraction of sp³-hybridized carbons (Fsp3) is 1.00. The van der Waals surface area contributed by atoms with Crippen molar-refractivity contribution in [3.63, 3.8) is 0 Å². The van der Waals surface area contributed by atoms with E-state index < -0.39 is 0 Å². The molecule has 0 unspecified atom stereocenters. The maximum atomic E-state index is 4.44. The van der Waals surface area contributed by atoms with Crippen LogP contribution in [0.25, 0.3) is 0 Å². The molecule has 1 aliphatic heterocycles. The molecule has 0 saturated carbocycles. The summed E-state index contributed by atoms with van der Waals surface area (Å²) in [5.41, 5.74) is 0. The van der Waals surface area contributed by atoms with Crippen molar-refractivity contribution < 1.29 is 9.69 Å². The molecule has 0 spiro atoms. The summed E-state index contributed by atoms with van der Waals surface area (Å²) in [6, 6.07) is 0. The third-order valence-corrected chi connectivity index (χ3v) is 0.539. The molecular weight excluding hydrogens is 80.8 g/mol. The molecule has 1 heterocycles. The molecule has 0 amide bonds. The van der Waals surface area contributed by atoms with Gasteiger partial charge >= 0.3 is 7.48 Å². The van der Waals surface area contributed by atoms with Crippen molar-refractivity contribution in [2.45, 2.75) is 6.32 Å². The highest BCUT2D eigenvalue weighted by molar-refractivity contribution is 6.27. The topological polar surface area (TPSA) is 49.0 Å². The van der Waals surface area contributed by atoms with Crippen molar-refractivity contribution in [2.24, 2.45) is 0 Å². The van der Waals surface area contributed by atoms with Crippen LogP contribution in [0.4, 0.5) is 0 Å². The molecule has 6 heavy (non-hydrogen) atoms. The minimum absolute atomic E-state index is 0. The Balaban J connectivity index is 0.000000250. The first-order valence-corrected chi connectivity index (χ1v) is 1.74. The molecule has 1 aliphatic rings. The largest absolute Gasteiger partial charge is 0.325 e. The molecule has 4 heteroatoms. The van der Waals surface area contributed by atoms with E-state index in [0.29, 0.717) is 0 Å². The Hall–Kier alpha value is -0.0551. The van der Waals surface area contributed by atoms with Crippen LogP contribution in [-0.2, 0) is 9.69 Å². The molecule has 1 fully saturated rings. The third kappa shape index (κ3) is 1.40. The van der Waals surface area contributed by atoms with Gasteiger partial charge in [-0.15, -0.1) is 0 Å². The lowest BCUT2D eigenvalue weighted by Gasteiger charge is -1.79. The zero-order chi connectivity index (χ0) is 3.54. The van der Waals surface area contributed by atoms with Gasteiger partial charge in [0.05, 0.1) is 6.61 Å². The van der Waals surface area contributed by atoms with Gasteiger partial charge in [0.2, 0.25) is 0 Å². The Labute approximate surface area is 37.4 Å². The SMILES string of the molecule is B1CCOO1.[N]. The summed E-state index contributed by atoms with van der Waals surface area (Å²) in [7, 11) is 0.778. The second kappa shape index (κ2) is 3.15. The monoisotopic (exact) mass is 86.0 g/mol. The maximum absolute atomic E-state index is 4.44. The van der Waals surface area contributed by atoms with E-state index in [0.717, 1.165) is 20.4 Å². The van der Waals surface area contributed by atoms with Gasteiger partial charge in [0, 0.05) is 6.15 Å². The highest BCUT2D eigenvalue weighted by Crippen LogP contribution is 1.91. The normalized spacial score (nSPS) is 18.7. The van der Waals surface area contributed by atoms with Gasteiger partial charge < -0.3 is 4.81 Å². The van der Waals surface area contributed by atoms with Gasteiger partial charge in [-0.25, -0.2) is 0 Å². The van der Waals surface area contributed by atoms with Crippen molar-refractivity contribution in [3.8, 4) is 0 Å². The maximum Gasteiger partial charge on any atom is 0.325 e. The van der Waals surface area contributed by atoms with E-state index in [9.17, 15) is 0 Å². The third-order valence-electron chi connectivity index (χ3n) is 0.539. The van der Waals surface area contributed by atoms with E-state index in [4.69, 9.17) is 0 Å². The Morgan fingerprint density at radius 1 is 1.50 bits per heavy atom. The van der Waals surface area contributed by atoms with Gasteiger partial charge in [0.15, 0.2) is 0 Å². The van der Waals surface area contributed by atoms with E-state index >= 15 is 0 Å². The molecular formula is C2H5BNO2. The molecule has 1 rings (SSSR count). The molecule has 0 aliphatic carbocycles. The van der Waals surface area contributed by atoms with Crippen LogP contribution in [0.15, 0.2) is 0 Å². The Morgan fingerprint density at radius 3 is 2.50 bits per heavy atom. The van der Waals surface area contributed by atoms with Gasteiger partial charge in [-0.2, -0.15) is 0 Å². The van der Waals surface area contributed by atoms with Crippen LogP contribution in [0.2, 0.25) is 6.32 Å². The zero-order valence-corrected chi connectivity index (χ0v) is 3.39. The van der Waals surface area contributed by atoms with Crippen molar-refractivity contribution in [2.75, 3.05) is 6.61 Å². The smallest absolute Gasteiger partial charge is 0.310 e. The summed E-state index contributed by atoms with van der Waals surface area (Å²) < 4.78 is 0. The summed E-state index contributed by atoms with van der Waals surface area (Å²) in [4.78, 5) is 8.89. The van der Waals surface area contributed by atoms with Crippen LogP contribution < -0.4 is 6.15 Å². The minimum atomic E-state index is 0. The van der Waals surface area contributed by atoms with E-state index in [1.165, 1.54) is 0 Å². The number of hydrogen-bond donors (Lipinski definition) is 0. The molecule has 1 saturated heterocycles. The molecule has 0 bridgehead atoms. The van der Waals surface area contributed by atoms with Crippen LogP contribution in [0.1, 0.15) is 0 Å². The number of hydrogen-bond acceptors (Lipinski definition) is 2. The van der Waals surface area contributed by atoms with E-state index in [1.807, 2.05) is 0 Å². The lowest BCUT2D eigenvalue weighted by Crippen LogP contribution is -1.78. The summed E-state index contributed by atoms with van der Waals surface area (Å²) in [5.74, 6) is 0. The molecule has 0 atom stereocenters. The molecule has 0 aromatic carbocycles. The quantitative estimate of drug-likeness (QED) is 0.287. The van der Waals surface area contributed by atoms with E-state index in [-0.39, 0.29) is 6.15 Å². The predicted molar refractivity (Wildman–Crippen MR) is 21.1 cm³/mol. The number of nitrogens with zero attached hydrogens (tertiary/aromatic N) is 1. The average molecular weight is 85.9 g/mol. The molecule has 3 radical (unpaired) electrons. The molecule has 0 N–H and O–H groups in total. The fourth-order valence-corrected chi connectivity index (χ4v) is 0.295. The average Bonchev–Trinajstić information content (AvgIpc) is 1.76. The summed E-state index contributed by atoms with van der Waals surface area (Å²) in [6.07, 6.45) is 1.06. The van der Waals surface area contributed by atoms with Gasteiger partial charge in [-0.1, -0.05) is 0 Å². The lowest BCUT2D eigenvalue weighted by molar-refractivity contribution is -0.181. The summed E-state index contributed by atoms with van der Waals surface area (Å²) in [6.45, 7) is 0.778. The highest BCUT2D eigenvalue weighted by atomic mass is 17.2. The lowest BCUT2D eigenvalue weighted by atomic mass is 9.99. The summed E-state index contributed by atoms with van der Waals surface area (Å²) >= 11 is 0. The minimum Gasteiger partial charge on any atom is -0.310 e. The predicted octanol–water partition coefficient (Wildman–Crippen LogP) is -0.763. The first-order chi connectivity index (χ1) is 2.50. The second-order valence-corrected chi connectivity index (χ2v) is 0.998. The summed E-state index contributed by atoms with van der Waals surface area (Å²) in [5, 5.41) is 0. The molecule has 0 aromatic heterocycles. The Morgan fingerprint density at radius 2 is 2.33 bits per heavy atom. The van der Waals surface area contributed by atoms with E-state index in [1.54, 1.807) is 0 Å². The van der Waals surface area contributed by atoms with Gasteiger partial charge in [-0.3, -0.25) is 4.89 Å². The van der Waals surface area contributed by atoms with Crippen LogP contribution in [0.3, 0.4) is 0 Å². The molecule has 0 aromatic rings. The fourth-order valence-electron chi connectivity index (χ4n) is 0.295. The van der Waals surface area contributed by atoms with Crippen molar-refractivity contribution in [3.05, 3.63) is 0 Å². The second-order valence-electron chi connectivity index (χ2n) is 0.998. The van der Waals surface area contributed by atoms with Gasteiger partial charge in [0.25, 0.3) is 0 Å². The van der Waals surface area contributed by atoms with Crippen molar-refractivity contribution in [1.82, 2.24) is 6.15 Å². The van der Waals surface area contributed by atoms with Crippen LogP contribution in [0, 0.1) is 0 Å². The molecule has 3 nitrogen and oxygen atoms in total. The van der Waals surface area contributed by atoms with E-state index in [2.05, 4.69) is 9.69 Å². The first-order valence-electron chi connectivity index (χ1n) is 1.74. The van der Waals surface area contributed by atoms with Crippen molar-refractivity contribution >= 4 is 7.48 Å². The van der Waals surface area contributed by atoms with Crippen LogP contribution in [-0.4, -0.2) is 14.1 Å². The van der Waals surface area contributed by atoms with Gasteiger partial charge in [0.1, 0.15) is 0 Å². The zero-order valence-electron chi connectivity index (χ0n) is 3.39. The first kappa shape index (κ1) is 5.94. The Bertz CT molecular complexity index is 23.1. The number of rotatable bonds is 0. The standard InChI is InChI=1S/C2H5BO2.N/c1-2-4-5-3-1;/h3H,1-2H2;. The van der Waals surface area contributed by atoms with Crippen molar-refractivity contribution in [1.29, 1.82) is 0 Å². The molecule has 33 valence electrons. The van der Waals surface area contributed by atoms with Gasteiger partial charge in [-0.05, 0) is 6.32 Å². The van der Waals surface area contributed by atoms with Crippen LogP contribution >= 0.6 is 0 Å².